The number of methoxy groups -OCH3 is 1. The van der Waals surface area contributed by atoms with Crippen molar-refractivity contribution in [3.8, 4) is 17.2 Å². The predicted molar refractivity (Wildman–Crippen MR) is 84.8 cm³/mol. The van der Waals surface area contributed by atoms with E-state index in [1.165, 1.54) is 6.21 Å². The van der Waals surface area contributed by atoms with Crippen molar-refractivity contribution in [3.63, 3.8) is 0 Å². The third-order valence-electron chi connectivity index (χ3n) is 2.82. The van der Waals surface area contributed by atoms with Gasteiger partial charge in [-0.25, -0.2) is 0 Å². The summed E-state index contributed by atoms with van der Waals surface area (Å²) in [6, 6.07) is 12.4. The second-order valence-electron chi connectivity index (χ2n) is 4.31. The summed E-state index contributed by atoms with van der Waals surface area (Å²) in [5.74, 6) is 1.88. The lowest BCUT2D eigenvalue weighted by atomic mass is 10.2. The van der Waals surface area contributed by atoms with E-state index in [4.69, 9.17) is 31.0 Å². The van der Waals surface area contributed by atoms with E-state index in [9.17, 15) is 0 Å². The Morgan fingerprint density at radius 3 is 2.45 bits per heavy atom. The monoisotopic (exact) mass is 321 g/mol. The third-order valence-corrected chi connectivity index (χ3v) is 3.07. The Balaban J connectivity index is 1.87. The van der Waals surface area contributed by atoms with Gasteiger partial charge in [0.2, 0.25) is 0 Å². The van der Waals surface area contributed by atoms with Gasteiger partial charge in [0.15, 0.2) is 11.5 Å². The number of ether oxygens (including phenoxy) is 3. The lowest BCUT2D eigenvalue weighted by Crippen LogP contribution is -2.09. The molecule has 0 aromatic heterocycles. The Labute approximate surface area is 133 Å². The van der Waals surface area contributed by atoms with Crippen LogP contribution in [-0.2, 0) is 0 Å². The van der Waals surface area contributed by atoms with E-state index in [1.807, 2.05) is 0 Å². The summed E-state index contributed by atoms with van der Waals surface area (Å²) in [6.07, 6.45) is 1.32. The first-order valence-corrected chi connectivity index (χ1v) is 6.97. The van der Waals surface area contributed by atoms with Gasteiger partial charge in [0, 0.05) is 10.6 Å². The molecule has 0 fully saturated rings. The number of halogens is 1. The normalized spacial score (nSPS) is 10.6. The van der Waals surface area contributed by atoms with Crippen LogP contribution >= 0.6 is 11.6 Å². The molecule has 0 saturated heterocycles. The fourth-order valence-corrected chi connectivity index (χ4v) is 1.92. The summed E-state index contributed by atoms with van der Waals surface area (Å²) >= 11 is 5.80. The average Bonchev–Trinajstić information content (AvgIpc) is 2.54. The molecule has 0 amide bonds. The standard InChI is InChI=1S/C16H16ClNO4/c1-20-16-10-12(11-18-19)2-7-15(16)22-9-8-21-14-5-3-13(17)4-6-14/h2-7,10-11,19H,8-9H2,1H3/b18-11+. The van der Waals surface area contributed by atoms with Crippen LogP contribution in [0, 0.1) is 0 Å². The Hall–Kier alpha value is -2.40. The molecule has 116 valence electrons. The number of oxime groups is 1. The quantitative estimate of drug-likeness (QED) is 0.366. The summed E-state index contributed by atoms with van der Waals surface area (Å²) in [5, 5.41) is 12.2. The smallest absolute Gasteiger partial charge is 0.161 e. The van der Waals surface area contributed by atoms with Crippen molar-refractivity contribution >= 4 is 17.8 Å². The number of nitrogens with zero attached hydrogens (tertiary/aromatic N) is 1. The van der Waals surface area contributed by atoms with Crippen molar-refractivity contribution in [2.75, 3.05) is 20.3 Å². The maximum Gasteiger partial charge on any atom is 0.161 e. The van der Waals surface area contributed by atoms with E-state index in [0.717, 1.165) is 5.75 Å². The van der Waals surface area contributed by atoms with Gasteiger partial charge < -0.3 is 19.4 Å². The van der Waals surface area contributed by atoms with Crippen molar-refractivity contribution in [2.24, 2.45) is 5.16 Å². The molecule has 2 aromatic carbocycles. The van der Waals surface area contributed by atoms with Crippen LogP contribution in [0.25, 0.3) is 0 Å². The molecule has 0 spiro atoms. The largest absolute Gasteiger partial charge is 0.493 e. The minimum absolute atomic E-state index is 0.367. The van der Waals surface area contributed by atoms with Crippen LogP contribution in [-0.4, -0.2) is 31.7 Å². The minimum Gasteiger partial charge on any atom is -0.493 e. The second kappa shape index (κ2) is 8.14. The predicted octanol–water partition coefficient (Wildman–Crippen LogP) is 3.61. The van der Waals surface area contributed by atoms with Gasteiger partial charge in [-0.15, -0.1) is 0 Å². The Morgan fingerprint density at radius 2 is 1.77 bits per heavy atom. The number of rotatable bonds is 7. The molecular formula is C16H16ClNO4. The average molecular weight is 322 g/mol. The molecule has 0 saturated carbocycles. The van der Waals surface area contributed by atoms with Gasteiger partial charge in [-0.2, -0.15) is 0 Å². The SMILES string of the molecule is COc1cc(/C=N/O)ccc1OCCOc1ccc(Cl)cc1. The zero-order chi connectivity index (χ0) is 15.8. The van der Waals surface area contributed by atoms with Crippen LogP contribution in [0.2, 0.25) is 5.02 Å². The first-order valence-electron chi connectivity index (χ1n) is 6.59. The van der Waals surface area contributed by atoms with E-state index >= 15 is 0 Å². The van der Waals surface area contributed by atoms with Gasteiger partial charge >= 0.3 is 0 Å². The molecule has 0 aliphatic carbocycles. The van der Waals surface area contributed by atoms with E-state index in [1.54, 1.807) is 49.6 Å². The molecule has 2 rings (SSSR count). The highest BCUT2D eigenvalue weighted by molar-refractivity contribution is 6.30. The summed E-state index contributed by atoms with van der Waals surface area (Å²) in [4.78, 5) is 0. The van der Waals surface area contributed by atoms with Gasteiger partial charge in [-0.05, 0) is 42.5 Å². The molecule has 0 radical (unpaired) electrons. The molecule has 2 aromatic rings. The Bertz CT molecular complexity index is 629. The maximum atomic E-state index is 8.52. The van der Waals surface area contributed by atoms with Gasteiger partial charge in [0.1, 0.15) is 19.0 Å². The Kier molecular flexibility index (Phi) is 5.91. The van der Waals surface area contributed by atoms with E-state index in [0.29, 0.717) is 35.3 Å². The molecule has 0 bridgehead atoms. The van der Waals surface area contributed by atoms with Gasteiger partial charge in [-0.3, -0.25) is 0 Å². The van der Waals surface area contributed by atoms with Gasteiger partial charge in [0.25, 0.3) is 0 Å². The molecule has 0 unspecified atom stereocenters. The molecule has 0 aliphatic rings. The minimum atomic E-state index is 0.367. The molecule has 6 heteroatoms. The maximum absolute atomic E-state index is 8.52. The van der Waals surface area contributed by atoms with E-state index in [-0.39, 0.29) is 0 Å². The van der Waals surface area contributed by atoms with Crippen LogP contribution in [0.3, 0.4) is 0 Å². The number of hydrogen-bond acceptors (Lipinski definition) is 5. The zero-order valence-electron chi connectivity index (χ0n) is 12.0. The number of hydrogen-bond donors (Lipinski definition) is 1. The highest BCUT2D eigenvalue weighted by Crippen LogP contribution is 2.27. The van der Waals surface area contributed by atoms with Crippen molar-refractivity contribution in [1.29, 1.82) is 0 Å². The zero-order valence-corrected chi connectivity index (χ0v) is 12.8. The van der Waals surface area contributed by atoms with Crippen LogP contribution in [0.15, 0.2) is 47.6 Å². The first-order chi connectivity index (χ1) is 10.7. The lowest BCUT2D eigenvalue weighted by Gasteiger charge is -2.12. The van der Waals surface area contributed by atoms with Gasteiger partial charge in [0.05, 0.1) is 13.3 Å². The van der Waals surface area contributed by atoms with Crippen molar-refractivity contribution in [2.45, 2.75) is 0 Å². The van der Waals surface area contributed by atoms with Crippen LogP contribution < -0.4 is 14.2 Å². The first kappa shape index (κ1) is 16.0. The molecule has 0 aliphatic heterocycles. The summed E-state index contributed by atoms with van der Waals surface area (Å²) < 4.78 is 16.4. The Morgan fingerprint density at radius 1 is 1.05 bits per heavy atom. The van der Waals surface area contributed by atoms with Crippen molar-refractivity contribution in [3.05, 3.63) is 53.1 Å². The molecule has 22 heavy (non-hydrogen) atoms. The summed E-state index contributed by atoms with van der Waals surface area (Å²) in [6.45, 7) is 0.761. The number of benzene rings is 2. The third kappa shape index (κ3) is 4.56. The summed E-state index contributed by atoms with van der Waals surface area (Å²) in [7, 11) is 1.55. The van der Waals surface area contributed by atoms with Crippen LogP contribution in [0.4, 0.5) is 0 Å². The fraction of sp³-hybridized carbons (Fsp3) is 0.188. The van der Waals surface area contributed by atoms with E-state index < -0.39 is 0 Å². The van der Waals surface area contributed by atoms with E-state index in [2.05, 4.69) is 5.16 Å². The highest BCUT2D eigenvalue weighted by Gasteiger charge is 2.05. The fourth-order valence-electron chi connectivity index (χ4n) is 1.79. The van der Waals surface area contributed by atoms with Gasteiger partial charge in [-0.1, -0.05) is 16.8 Å². The topological polar surface area (TPSA) is 60.3 Å². The van der Waals surface area contributed by atoms with Crippen molar-refractivity contribution in [1.82, 2.24) is 0 Å². The van der Waals surface area contributed by atoms with Crippen LogP contribution in [0.1, 0.15) is 5.56 Å². The molecule has 1 N–H and O–H groups in total. The summed E-state index contributed by atoms with van der Waals surface area (Å²) in [5.41, 5.74) is 0.712. The molecular weight excluding hydrogens is 306 g/mol. The second-order valence-corrected chi connectivity index (χ2v) is 4.74. The lowest BCUT2D eigenvalue weighted by molar-refractivity contribution is 0.211. The molecule has 5 nitrogen and oxygen atoms in total. The van der Waals surface area contributed by atoms with Crippen LogP contribution in [0.5, 0.6) is 17.2 Å². The highest BCUT2D eigenvalue weighted by atomic mass is 35.5. The molecule has 0 atom stereocenters. The van der Waals surface area contributed by atoms with Crippen molar-refractivity contribution < 1.29 is 19.4 Å². The molecule has 0 heterocycles.